The van der Waals surface area contributed by atoms with Gasteiger partial charge in [-0.05, 0) is 50.3 Å². The fourth-order valence-electron chi connectivity index (χ4n) is 3.98. The first kappa shape index (κ1) is 21.8. The number of likely N-dealkylation sites (tertiary alicyclic amines) is 1. The highest BCUT2D eigenvalue weighted by Crippen LogP contribution is 2.22. The minimum Gasteiger partial charge on any atom is -0.343 e. The molecule has 2 heterocycles. The molecule has 8 heteroatoms. The Morgan fingerprint density at radius 3 is 1.97 bits per heavy atom. The van der Waals surface area contributed by atoms with Crippen molar-refractivity contribution in [3.8, 4) is 0 Å². The average molecular weight is 422 g/mol. The molecule has 160 valence electrons. The predicted molar refractivity (Wildman–Crippen MR) is 111 cm³/mol. The Morgan fingerprint density at radius 1 is 0.828 bits per heavy atom. The molecule has 0 bridgehead atoms. The maximum atomic E-state index is 13.0. The van der Waals surface area contributed by atoms with Crippen LogP contribution in [0.2, 0.25) is 0 Å². The van der Waals surface area contributed by atoms with Crippen LogP contribution in [0.5, 0.6) is 0 Å². The van der Waals surface area contributed by atoms with Crippen LogP contribution in [0.3, 0.4) is 0 Å². The molecule has 0 aliphatic carbocycles. The second kappa shape index (κ2) is 9.26. The van der Waals surface area contributed by atoms with Crippen molar-refractivity contribution in [3.63, 3.8) is 0 Å². The summed E-state index contributed by atoms with van der Waals surface area (Å²) in [5.74, 6) is -0.0201. The molecule has 0 saturated carbocycles. The molecule has 1 aromatic rings. The molecule has 0 unspecified atom stereocenters. The number of aryl methyl sites for hydroxylation is 2. The van der Waals surface area contributed by atoms with Crippen LogP contribution in [0.15, 0.2) is 23.1 Å². The zero-order valence-electron chi connectivity index (χ0n) is 17.4. The lowest BCUT2D eigenvalue weighted by molar-refractivity contribution is -0.138. The highest BCUT2D eigenvalue weighted by Gasteiger charge is 2.31. The third kappa shape index (κ3) is 5.17. The topological polar surface area (TPSA) is 78.0 Å². The Kier molecular flexibility index (Phi) is 6.95. The van der Waals surface area contributed by atoms with Crippen molar-refractivity contribution >= 4 is 21.8 Å². The summed E-state index contributed by atoms with van der Waals surface area (Å²) in [6.45, 7) is 6.54. The van der Waals surface area contributed by atoms with Gasteiger partial charge in [-0.1, -0.05) is 12.1 Å². The maximum absolute atomic E-state index is 13.0. The number of hydrogen-bond acceptors (Lipinski definition) is 4. The molecule has 3 rings (SSSR count). The summed E-state index contributed by atoms with van der Waals surface area (Å²) in [7, 11) is -3.57. The molecule has 2 amide bonds. The lowest BCUT2D eigenvalue weighted by Gasteiger charge is -2.34. The van der Waals surface area contributed by atoms with Crippen LogP contribution in [-0.2, 0) is 19.6 Å². The molecule has 2 fully saturated rings. The Balaban J connectivity index is 1.52. The number of sulfonamides is 1. The second-order valence-electron chi connectivity index (χ2n) is 8.00. The molecule has 1 aromatic carbocycles. The smallest absolute Gasteiger partial charge is 0.243 e. The van der Waals surface area contributed by atoms with E-state index in [1.165, 1.54) is 4.31 Å². The van der Waals surface area contributed by atoms with Crippen molar-refractivity contribution in [3.05, 3.63) is 29.3 Å². The minimum absolute atomic E-state index is 0.0502. The van der Waals surface area contributed by atoms with Crippen molar-refractivity contribution in [2.75, 3.05) is 39.3 Å². The van der Waals surface area contributed by atoms with Gasteiger partial charge in [0, 0.05) is 52.1 Å². The first-order valence-electron chi connectivity index (χ1n) is 10.4. The first-order chi connectivity index (χ1) is 13.8. The van der Waals surface area contributed by atoms with E-state index < -0.39 is 10.0 Å². The largest absolute Gasteiger partial charge is 0.343 e. The Labute approximate surface area is 173 Å². The van der Waals surface area contributed by atoms with Gasteiger partial charge in [0.1, 0.15) is 0 Å². The molecule has 7 nitrogen and oxygen atoms in total. The molecule has 0 radical (unpaired) electrons. The number of nitrogens with zero attached hydrogens (tertiary/aromatic N) is 3. The third-order valence-corrected chi connectivity index (χ3v) is 7.85. The van der Waals surface area contributed by atoms with E-state index in [1.54, 1.807) is 17.9 Å². The number of amides is 2. The number of benzene rings is 1. The van der Waals surface area contributed by atoms with Gasteiger partial charge in [-0.15, -0.1) is 0 Å². The number of carbonyl (C=O) groups excluding carboxylic acids is 2. The maximum Gasteiger partial charge on any atom is 0.243 e. The van der Waals surface area contributed by atoms with Gasteiger partial charge in [0.25, 0.3) is 0 Å². The average Bonchev–Trinajstić information content (AvgIpc) is 2.74. The van der Waals surface area contributed by atoms with E-state index in [1.807, 2.05) is 24.0 Å². The molecule has 2 saturated heterocycles. The van der Waals surface area contributed by atoms with Crippen molar-refractivity contribution < 1.29 is 18.0 Å². The zero-order chi connectivity index (χ0) is 21.0. The SMILES string of the molecule is Cc1ccc(C)c(S(=O)(=O)N2CCN(C(=O)CCC(=O)N3CCCCC3)CC2)c1. The fourth-order valence-corrected chi connectivity index (χ4v) is 5.71. The zero-order valence-corrected chi connectivity index (χ0v) is 18.2. The van der Waals surface area contributed by atoms with Gasteiger partial charge < -0.3 is 9.80 Å². The van der Waals surface area contributed by atoms with Crippen molar-refractivity contribution in [2.24, 2.45) is 0 Å². The Hall–Kier alpha value is -1.93. The van der Waals surface area contributed by atoms with E-state index in [0.29, 0.717) is 18.0 Å². The molecule has 2 aliphatic rings. The van der Waals surface area contributed by atoms with E-state index in [2.05, 4.69) is 0 Å². The number of piperidine rings is 1. The van der Waals surface area contributed by atoms with Crippen molar-refractivity contribution in [1.29, 1.82) is 0 Å². The highest BCUT2D eigenvalue weighted by molar-refractivity contribution is 7.89. The van der Waals surface area contributed by atoms with Crippen molar-refractivity contribution in [2.45, 2.75) is 50.8 Å². The second-order valence-corrected chi connectivity index (χ2v) is 9.90. The van der Waals surface area contributed by atoms with Gasteiger partial charge in [0.05, 0.1) is 4.90 Å². The summed E-state index contributed by atoms with van der Waals surface area (Å²) < 4.78 is 27.5. The predicted octanol–water partition coefficient (Wildman–Crippen LogP) is 1.93. The van der Waals surface area contributed by atoms with Crippen LogP contribution < -0.4 is 0 Å². The van der Waals surface area contributed by atoms with Gasteiger partial charge in [-0.25, -0.2) is 8.42 Å². The molecule has 0 N–H and O–H groups in total. The molecular formula is C21H31N3O4S. The van der Waals surface area contributed by atoms with Crippen LogP contribution >= 0.6 is 0 Å². The van der Waals surface area contributed by atoms with Crippen LogP contribution in [0.25, 0.3) is 0 Å². The lowest BCUT2D eigenvalue weighted by atomic mass is 10.1. The normalized spacial score (nSPS) is 18.7. The number of carbonyl (C=O) groups is 2. The summed E-state index contributed by atoms with van der Waals surface area (Å²) in [4.78, 5) is 28.6. The van der Waals surface area contributed by atoms with E-state index >= 15 is 0 Å². The third-order valence-electron chi connectivity index (χ3n) is 5.81. The van der Waals surface area contributed by atoms with Gasteiger partial charge in [0.2, 0.25) is 21.8 Å². The van der Waals surface area contributed by atoms with Crippen LogP contribution in [-0.4, -0.2) is 73.6 Å². The number of piperazine rings is 1. The summed E-state index contributed by atoms with van der Waals surface area (Å²) in [5.41, 5.74) is 1.63. The molecule has 29 heavy (non-hydrogen) atoms. The van der Waals surface area contributed by atoms with Gasteiger partial charge in [0.15, 0.2) is 0 Å². The number of hydrogen-bond donors (Lipinski definition) is 0. The standard InChI is InChI=1S/C21H31N3O4S/c1-17-6-7-18(2)19(16-17)29(27,28)24-14-12-23(13-15-24)21(26)9-8-20(25)22-10-4-3-5-11-22/h6-7,16H,3-5,8-15H2,1-2H3. The molecule has 0 aromatic heterocycles. The quantitative estimate of drug-likeness (QED) is 0.728. The molecule has 0 atom stereocenters. The first-order valence-corrected chi connectivity index (χ1v) is 11.9. The van der Waals surface area contributed by atoms with Crippen LogP contribution in [0.4, 0.5) is 0 Å². The summed E-state index contributed by atoms with van der Waals surface area (Å²) in [6, 6.07) is 5.42. The van der Waals surface area contributed by atoms with E-state index in [-0.39, 0.29) is 37.7 Å². The molecule has 0 spiro atoms. The summed E-state index contributed by atoms with van der Waals surface area (Å²) >= 11 is 0. The van der Waals surface area contributed by atoms with Crippen molar-refractivity contribution in [1.82, 2.24) is 14.1 Å². The Morgan fingerprint density at radius 2 is 1.38 bits per heavy atom. The summed E-state index contributed by atoms with van der Waals surface area (Å²) in [6.07, 6.45) is 3.67. The van der Waals surface area contributed by atoms with E-state index in [9.17, 15) is 18.0 Å². The highest BCUT2D eigenvalue weighted by atomic mass is 32.2. The van der Waals surface area contributed by atoms with Gasteiger partial charge >= 0.3 is 0 Å². The van der Waals surface area contributed by atoms with E-state index in [4.69, 9.17) is 0 Å². The fraction of sp³-hybridized carbons (Fsp3) is 0.619. The lowest BCUT2D eigenvalue weighted by Crippen LogP contribution is -2.50. The van der Waals surface area contributed by atoms with Gasteiger partial charge in [-0.2, -0.15) is 4.31 Å². The monoisotopic (exact) mass is 421 g/mol. The minimum atomic E-state index is -3.57. The number of rotatable bonds is 5. The Bertz CT molecular complexity index is 855. The summed E-state index contributed by atoms with van der Waals surface area (Å²) in [5, 5.41) is 0. The van der Waals surface area contributed by atoms with Crippen LogP contribution in [0, 0.1) is 13.8 Å². The van der Waals surface area contributed by atoms with Crippen LogP contribution in [0.1, 0.15) is 43.2 Å². The molecular weight excluding hydrogens is 390 g/mol. The van der Waals surface area contributed by atoms with Gasteiger partial charge in [-0.3, -0.25) is 9.59 Å². The molecule has 2 aliphatic heterocycles. The van der Waals surface area contributed by atoms with E-state index in [0.717, 1.165) is 43.5 Å².